The Kier molecular flexibility index (Phi) is 5.06. The maximum Gasteiger partial charge on any atom is 0.281 e. The van der Waals surface area contributed by atoms with Crippen molar-refractivity contribution in [2.45, 2.75) is 0 Å². The van der Waals surface area contributed by atoms with Gasteiger partial charge in [-0.15, -0.1) is 0 Å². The van der Waals surface area contributed by atoms with Crippen molar-refractivity contribution in [3.63, 3.8) is 0 Å². The van der Waals surface area contributed by atoms with E-state index in [4.69, 9.17) is 21.7 Å². The number of halogens is 1. The lowest BCUT2D eigenvalue weighted by molar-refractivity contribution is -0.113. The second-order valence-electron chi connectivity index (χ2n) is 5.22. The second kappa shape index (κ2) is 7.25. The minimum absolute atomic E-state index is 0.206. The summed E-state index contributed by atoms with van der Waals surface area (Å²) in [6, 6.07) is 12.7. The van der Waals surface area contributed by atoms with Gasteiger partial charge in [-0.2, -0.15) is 0 Å². The van der Waals surface area contributed by atoms with Crippen LogP contribution in [0.25, 0.3) is 6.08 Å². The van der Waals surface area contributed by atoms with E-state index >= 15 is 0 Å². The Bertz CT molecular complexity index is 865. The van der Waals surface area contributed by atoms with E-state index in [9.17, 15) is 4.79 Å². The molecule has 2 aromatic rings. The first-order valence-corrected chi connectivity index (χ1v) is 8.58. The minimum atomic E-state index is -0.206. The van der Waals surface area contributed by atoms with E-state index < -0.39 is 0 Å². The summed E-state index contributed by atoms with van der Waals surface area (Å²) in [5.41, 5.74) is 1.95. The zero-order valence-electron chi connectivity index (χ0n) is 13.6. The maximum absolute atomic E-state index is 12.7. The van der Waals surface area contributed by atoms with Crippen LogP contribution < -0.4 is 19.7 Å². The van der Waals surface area contributed by atoms with Gasteiger partial charge in [-0.1, -0.05) is 6.07 Å². The molecular formula is C18H15BrN2O3S. The molecule has 0 radical (unpaired) electrons. The average molecular weight is 419 g/mol. The highest BCUT2D eigenvalue weighted by molar-refractivity contribution is 9.10. The molecule has 3 rings (SSSR count). The number of thiocarbonyl (C=S) groups is 1. The fourth-order valence-corrected chi connectivity index (χ4v) is 3.30. The van der Waals surface area contributed by atoms with Gasteiger partial charge in [-0.3, -0.25) is 9.69 Å². The van der Waals surface area contributed by atoms with Gasteiger partial charge < -0.3 is 14.8 Å². The van der Waals surface area contributed by atoms with Crippen LogP contribution in [0.15, 0.2) is 52.6 Å². The van der Waals surface area contributed by atoms with Gasteiger partial charge in [0.25, 0.3) is 5.91 Å². The SMILES string of the molecule is COc1ccc(N2C(=O)C(=Cc3ccc(OC)c(Br)c3)NC2=S)cc1. The highest BCUT2D eigenvalue weighted by atomic mass is 79.9. The van der Waals surface area contributed by atoms with Crippen LogP contribution in [0.5, 0.6) is 11.5 Å². The largest absolute Gasteiger partial charge is 0.497 e. The molecule has 0 unspecified atom stereocenters. The van der Waals surface area contributed by atoms with Crippen molar-refractivity contribution in [1.29, 1.82) is 0 Å². The number of nitrogens with zero attached hydrogens (tertiary/aromatic N) is 1. The van der Waals surface area contributed by atoms with E-state index in [0.717, 1.165) is 15.8 Å². The standard InChI is InChI=1S/C18H15BrN2O3S/c1-23-13-6-4-12(5-7-13)21-17(22)15(20-18(21)25)10-11-3-8-16(24-2)14(19)9-11/h3-10H,1-2H3,(H,20,25). The zero-order valence-corrected chi connectivity index (χ0v) is 16.0. The summed E-state index contributed by atoms with van der Waals surface area (Å²) in [4.78, 5) is 14.2. The van der Waals surface area contributed by atoms with Crippen molar-refractivity contribution in [3.05, 3.63) is 58.2 Å². The van der Waals surface area contributed by atoms with E-state index in [0.29, 0.717) is 22.2 Å². The van der Waals surface area contributed by atoms with Crippen LogP contribution in [-0.4, -0.2) is 25.2 Å². The molecule has 1 heterocycles. The van der Waals surface area contributed by atoms with Crippen LogP contribution in [-0.2, 0) is 4.79 Å². The molecule has 0 saturated carbocycles. The van der Waals surface area contributed by atoms with Crippen LogP contribution in [0, 0.1) is 0 Å². The molecule has 1 aliphatic heterocycles. The number of methoxy groups -OCH3 is 2. The van der Waals surface area contributed by atoms with Gasteiger partial charge in [-0.25, -0.2) is 0 Å². The number of carbonyl (C=O) groups excluding carboxylic acids is 1. The molecule has 0 spiro atoms. The van der Waals surface area contributed by atoms with E-state index in [1.54, 1.807) is 44.6 Å². The van der Waals surface area contributed by atoms with Crippen molar-refractivity contribution in [3.8, 4) is 11.5 Å². The summed E-state index contributed by atoms with van der Waals surface area (Å²) in [7, 11) is 3.20. The van der Waals surface area contributed by atoms with Gasteiger partial charge in [-0.05, 0) is 76.2 Å². The summed E-state index contributed by atoms with van der Waals surface area (Å²) in [6.45, 7) is 0. The van der Waals surface area contributed by atoms with Gasteiger partial charge in [0.15, 0.2) is 5.11 Å². The Morgan fingerprint density at radius 1 is 1.12 bits per heavy atom. The number of nitrogens with one attached hydrogen (secondary N) is 1. The van der Waals surface area contributed by atoms with Crippen molar-refractivity contribution >= 4 is 50.9 Å². The van der Waals surface area contributed by atoms with E-state index in [2.05, 4.69) is 21.2 Å². The molecule has 1 N–H and O–H groups in total. The van der Waals surface area contributed by atoms with Crippen LogP contribution in [0.4, 0.5) is 5.69 Å². The quantitative estimate of drug-likeness (QED) is 0.605. The second-order valence-corrected chi connectivity index (χ2v) is 6.46. The number of anilines is 1. The van der Waals surface area contributed by atoms with Crippen LogP contribution >= 0.6 is 28.1 Å². The highest BCUT2D eigenvalue weighted by Gasteiger charge is 2.31. The summed E-state index contributed by atoms with van der Waals surface area (Å²) >= 11 is 8.75. The van der Waals surface area contributed by atoms with Crippen molar-refractivity contribution < 1.29 is 14.3 Å². The zero-order chi connectivity index (χ0) is 18.0. The Labute approximate surface area is 159 Å². The first-order valence-electron chi connectivity index (χ1n) is 7.38. The molecule has 5 nitrogen and oxygen atoms in total. The van der Waals surface area contributed by atoms with Crippen molar-refractivity contribution in [2.75, 3.05) is 19.1 Å². The summed E-state index contributed by atoms with van der Waals surface area (Å²) in [5, 5.41) is 3.31. The van der Waals surface area contributed by atoms with Crippen LogP contribution in [0.2, 0.25) is 0 Å². The fourth-order valence-electron chi connectivity index (χ4n) is 2.44. The van der Waals surface area contributed by atoms with E-state index in [1.807, 2.05) is 18.2 Å². The molecule has 128 valence electrons. The maximum atomic E-state index is 12.7. The number of hydrogen-bond acceptors (Lipinski definition) is 4. The molecule has 0 aromatic heterocycles. The summed E-state index contributed by atoms with van der Waals surface area (Å²) < 4.78 is 11.2. The summed E-state index contributed by atoms with van der Waals surface area (Å²) in [5.74, 6) is 1.23. The van der Waals surface area contributed by atoms with Crippen molar-refractivity contribution in [1.82, 2.24) is 5.32 Å². The lowest BCUT2D eigenvalue weighted by atomic mass is 10.2. The molecular weight excluding hydrogens is 404 g/mol. The van der Waals surface area contributed by atoms with Gasteiger partial charge in [0.05, 0.1) is 24.4 Å². The van der Waals surface area contributed by atoms with Gasteiger partial charge in [0, 0.05) is 0 Å². The molecule has 7 heteroatoms. The Hall–Kier alpha value is -2.38. The predicted octanol–water partition coefficient (Wildman–Crippen LogP) is 3.73. The fraction of sp³-hybridized carbons (Fsp3) is 0.111. The molecule has 0 atom stereocenters. The number of amides is 1. The van der Waals surface area contributed by atoms with Gasteiger partial charge >= 0.3 is 0 Å². The van der Waals surface area contributed by atoms with Gasteiger partial charge in [0.1, 0.15) is 17.2 Å². The predicted molar refractivity (Wildman–Crippen MR) is 105 cm³/mol. The number of benzene rings is 2. The molecule has 0 bridgehead atoms. The summed E-state index contributed by atoms with van der Waals surface area (Å²) in [6.07, 6.45) is 1.75. The Morgan fingerprint density at radius 2 is 1.84 bits per heavy atom. The van der Waals surface area contributed by atoms with Crippen LogP contribution in [0.3, 0.4) is 0 Å². The third kappa shape index (κ3) is 3.52. The number of hydrogen-bond donors (Lipinski definition) is 1. The molecule has 1 aliphatic rings. The van der Waals surface area contributed by atoms with E-state index in [1.165, 1.54) is 4.90 Å². The average Bonchev–Trinajstić information content (AvgIpc) is 2.89. The first kappa shape index (κ1) is 17.4. The Balaban J connectivity index is 1.88. The lowest BCUT2D eigenvalue weighted by Crippen LogP contribution is -2.30. The third-order valence-electron chi connectivity index (χ3n) is 3.70. The normalized spacial score (nSPS) is 15.5. The van der Waals surface area contributed by atoms with Crippen molar-refractivity contribution in [2.24, 2.45) is 0 Å². The Morgan fingerprint density at radius 3 is 2.44 bits per heavy atom. The molecule has 1 fully saturated rings. The molecule has 2 aromatic carbocycles. The molecule has 1 saturated heterocycles. The molecule has 1 amide bonds. The first-order chi connectivity index (χ1) is 12.0. The van der Waals surface area contributed by atoms with Crippen LogP contribution in [0.1, 0.15) is 5.56 Å². The highest BCUT2D eigenvalue weighted by Crippen LogP contribution is 2.28. The topological polar surface area (TPSA) is 50.8 Å². The number of carbonyl (C=O) groups is 1. The number of ether oxygens (including phenoxy) is 2. The lowest BCUT2D eigenvalue weighted by Gasteiger charge is -2.14. The third-order valence-corrected chi connectivity index (χ3v) is 4.60. The smallest absolute Gasteiger partial charge is 0.281 e. The monoisotopic (exact) mass is 418 g/mol. The molecule has 25 heavy (non-hydrogen) atoms. The van der Waals surface area contributed by atoms with Gasteiger partial charge in [0.2, 0.25) is 0 Å². The van der Waals surface area contributed by atoms with E-state index in [-0.39, 0.29) is 5.91 Å². The minimum Gasteiger partial charge on any atom is -0.497 e. The molecule has 0 aliphatic carbocycles. The number of rotatable bonds is 4.